The maximum atomic E-state index is 11.7. The number of carbonyl (C=O) groups is 2. The van der Waals surface area contributed by atoms with Crippen LogP contribution >= 0.6 is 12.4 Å². The number of hydrogen-bond acceptors (Lipinski definition) is 3. The second-order valence-electron chi connectivity index (χ2n) is 4.73. The van der Waals surface area contributed by atoms with Crippen molar-refractivity contribution in [2.45, 2.75) is 12.5 Å². The zero-order valence-corrected chi connectivity index (χ0v) is 9.68. The summed E-state index contributed by atoms with van der Waals surface area (Å²) in [5, 5.41) is 9.01. The lowest BCUT2D eigenvalue weighted by Crippen LogP contribution is -2.37. The second-order valence-corrected chi connectivity index (χ2v) is 4.73. The Morgan fingerprint density at radius 1 is 1.25 bits per heavy atom. The van der Waals surface area contributed by atoms with Crippen molar-refractivity contribution < 1.29 is 9.59 Å². The monoisotopic (exact) mass is 245 g/mol. The minimum Gasteiger partial charge on any atom is -0.355 e. The molecule has 1 saturated carbocycles. The minimum absolute atomic E-state index is 0. The summed E-state index contributed by atoms with van der Waals surface area (Å²) in [6, 6.07) is 0.370. The van der Waals surface area contributed by atoms with Crippen LogP contribution in [0.4, 0.5) is 0 Å². The molecule has 0 aromatic heterocycles. The zero-order chi connectivity index (χ0) is 10.4. The second kappa shape index (κ2) is 4.22. The third-order valence-electron chi connectivity index (χ3n) is 3.75. The molecule has 0 aromatic rings. The van der Waals surface area contributed by atoms with E-state index in [1.54, 1.807) is 0 Å². The van der Waals surface area contributed by atoms with Gasteiger partial charge in [-0.15, -0.1) is 12.4 Å². The fourth-order valence-electron chi connectivity index (χ4n) is 2.71. The van der Waals surface area contributed by atoms with Crippen LogP contribution < -0.4 is 16.0 Å². The summed E-state index contributed by atoms with van der Waals surface area (Å²) in [6.07, 6.45) is 0.353. The number of carbonyl (C=O) groups excluding carboxylic acids is 2. The topological polar surface area (TPSA) is 70.2 Å². The molecule has 0 radical (unpaired) electrons. The standard InChI is InChI=1S/C10H15N3O2.ClH/c14-8-1-5(2-12-8)10(15)13-9-6-3-11-4-7(6)9;/h5-7,9,11H,1-4H2,(H,12,14)(H,13,15);1H. The number of halogens is 1. The fourth-order valence-corrected chi connectivity index (χ4v) is 2.71. The van der Waals surface area contributed by atoms with Crippen LogP contribution in [0.1, 0.15) is 6.42 Å². The van der Waals surface area contributed by atoms with Crippen molar-refractivity contribution in [3.05, 3.63) is 0 Å². The van der Waals surface area contributed by atoms with Crippen LogP contribution in [0.3, 0.4) is 0 Å². The van der Waals surface area contributed by atoms with Crippen LogP contribution in [0, 0.1) is 17.8 Å². The van der Waals surface area contributed by atoms with Crippen LogP contribution in [0.5, 0.6) is 0 Å². The lowest BCUT2D eigenvalue weighted by molar-refractivity contribution is -0.126. The number of fused-ring (bicyclic) bond motifs is 1. The van der Waals surface area contributed by atoms with Gasteiger partial charge in [-0.2, -0.15) is 0 Å². The fraction of sp³-hybridized carbons (Fsp3) is 0.800. The van der Waals surface area contributed by atoms with Gasteiger partial charge >= 0.3 is 0 Å². The van der Waals surface area contributed by atoms with E-state index in [9.17, 15) is 9.59 Å². The van der Waals surface area contributed by atoms with Gasteiger partial charge in [0, 0.05) is 32.1 Å². The molecule has 16 heavy (non-hydrogen) atoms. The average molecular weight is 246 g/mol. The van der Waals surface area contributed by atoms with Crippen LogP contribution in [-0.2, 0) is 9.59 Å². The first-order chi connectivity index (χ1) is 7.25. The molecule has 2 aliphatic heterocycles. The van der Waals surface area contributed by atoms with Gasteiger partial charge in [0.15, 0.2) is 0 Å². The number of rotatable bonds is 2. The average Bonchev–Trinajstić information content (AvgIpc) is 2.66. The van der Waals surface area contributed by atoms with E-state index in [4.69, 9.17) is 0 Å². The molecule has 5 nitrogen and oxygen atoms in total. The van der Waals surface area contributed by atoms with Crippen LogP contribution in [-0.4, -0.2) is 37.5 Å². The molecule has 2 amide bonds. The van der Waals surface area contributed by atoms with E-state index in [-0.39, 0.29) is 30.1 Å². The first-order valence-electron chi connectivity index (χ1n) is 5.53. The molecule has 3 fully saturated rings. The van der Waals surface area contributed by atoms with Gasteiger partial charge in [0.25, 0.3) is 0 Å². The summed E-state index contributed by atoms with van der Waals surface area (Å²) >= 11 is 0. The van der Waals surface area contributed by atoms with E-state index < -0.39 is 0 Å². The van der Waals surface area contributed by atoms with E-state index in [2.05, 4.69) is 16.0 Å². The summed E-state index contributed by atoms with van der Waals surface area (Å²) in [7, 11) is 0. The number of piperidine rings is 1. The van der Waals surface area contributed by atoms with Crippen molar-refractivity contribution >= 4 is 24.2 Å². The van der Waals surface area contributed by atoms with Crippen molar-refractivity contribution in [1.29, 1.82) is 0 Å². The molecule has 0 spiro atoms. The van der Waals surface area contributed by atoms with E-state index in [1.165, 1.54) is 0 Å². The van der Waals surface area contributed by atoms with Gasteiger partial charge in [-0.3, -0.25) is 9.59 Å². The predicted molar refractivity (Wildman–Crippen MR) is 60.1 cm³/mol. The third-order valence-corrected chi connectivity index (χ3v) is 3.75. The quantitative estimate of drug-likeness (QED) is 0.577. The molecular formula is C10H16ClN3O2. The van der Waals surface area contributed by atoms with Crippen LogP contribution in [0.25, 0.3) is 0 Å². The Morgan fingerprint density at radius 2 is 1.94 bits per heavy atom. The van der Waals surface area contributed by atoms with Gasteiger partial charge in [-0.1, -0.05) is 0 Å². The molecule has 0 bridgehead atoms. The van der Waals surface area contributed by atoms with E-state index in [1.807, 2.05) is 0 Å². The van der Waals surface area contributed by atoms with Gasteiger partial charge in [0.05, 0.1) is 5.92 Å². The highest BCUT2D eigenvalue weighted by Gasteiger charge is 2.54. The molecule has 2 heterocycles. The Kier molecular flexibility index (Phi) is 3.08. The van der Waals surface area contributed by atoms with Crippen molar-refractivity contribution in [1.82, 2.24) is 16.0 Å². The van der Waals surface area contributed by atoms with Crippen molar-refractivity contribution in [2.75, 3.05) is 19.6 Å². The van der Waals surface area contributed by atoms with Gasteiger partial charge < -0.3 is 16.0 Å². The van der Waals surface area contributed by atoms with Gasteiger partial charge in [-0.25, -0.2) is 0 Å². The molecule has 1 aliphatic carbocycles. The molecular weight excluding hydrogens is 230 g/mol. The summed E-state index contributed by atoms with van der Waals surface area (Å²) in [5.41, 5.74) is 0. The molecule has 3 atom stereocenters. The van der Waals surface area contributed by atoms with E-state index in [0.717, 1.165) is 13.1 Å². The van der Waals surface area contributed by atoms with Gasteiger partial charge in [0.1, 0.15) is 0 Å². The van der Waals surface area contributed by atoms with Crippen molar-refractivity contribution in [2.24, 2.45) is 17.8 Å². The zero-order valence-electron chi connectivity index (χ0n) is 8.86. The van der Waals surface area contributed by atoms with Gasteiger partial charge in [-0.05, 0) is 11.8 Å². The first kappa shape index (κ1) is 11.7. The van der Waals surface area contributed by atoms with E-state index >= 15 is 0 Å². The van der Waals surface area contributed by atoms with Crippen molar-refractivity contribution in [3.8, 4) is 0 Å². The number of amides is 2. The first-order valence-corrected chi connectivity index (χ1v) is 5.53. The Balaban J connectivity index is 0.000000963. The van der Waals surface area contributed by atoms with E-state index in [0.29, 0.717) is 30.8 Å². The molecule has 0 aromatic carbocycles. The number of hydrogen-bond donors (Lipinski definition) is 3. The van der Waals surface area contributed by atoms with Crippen LogP contribution in [0.15, 0.2) is 0 Å². The molecule has 2 saturated heterocycles. The summed E-state index contributed by atoms with van der Waals surface area (Å²) in [4.78, 5) is 22.7. The highest BCUT2D eigenvalue weighted by Crippen LogP contribution is 2.41. The molecule has 3 rings (SSSR count). The highest BCUT2D eigenvalue weighted by molar-refractivity contribution is 5.89. The van der Waals surface area contributed by atoms with Crippen LogP contribution in [0.2, 0.25) is 0 Å². The Labute approximate surface area is 100 Å². The molecule has 3 aliphatic rings. The minimum atomic E-state index is -0.146. The summed E-state index contributed by atoms with van der Waals surface area (Å²) < 4.78 is 0. The Hall–Kier alpha value is -0.810. The maximum Gasteiger partial charge on any atom is 0.225 e. The lowest BCUT2D eigenvalue weighted by Gasteiger charge is -2.10. The number of nitrogens with one attached hydrogen (secondary N) is 3. The highest BCUT2D eigenvalue weighted by atomic mass is 35.5. The third kappa shape index (κ3) is 1.89. The molecule has 6 heteroatoms. The maximum absolute atomic E-state index is 11.7. The Bertz CT molecular complexity index is 313. The van der Waals surface area contributed by atoms with Gasteiger partial charge in [0.2, 0.25) is 11.8 Å². The summed E-state index contributed by atoms with van der Waals surface area (Å²) in [6.45, 7) is 2.56. The normalized spacial score (nSPS) is 39.6. The smallest absolute Gasteiger partial charge is 0.225 e. The van der Waals surface area contributed by atoms with Crippen molar-refractivity contribution in [3.63, 3.8) is 0 Å². The molecule has 90 valence electrons. The largest absolute Gasteiger partial charge is 0.355 e. The SMILES string of the molecule is Cl.O=C1CC(C(=O)NC2C3CNCC32)CN1. The lowest BCUT2D eigenvalue weighted by atomic mass is 10.1. The molecule has 3 unspecified atom stereocenters. The predicted octanol–water partition coefficient (Wildman–Crippen LogP) is -1.12. The molecule has 3 N–H and O–H groups in total. The Morgan fingerprint density at radius 3 is 2.50 bits per heavy atom. The summed E-state index contributed by atoms with van der Waals surface area (Å²) in [5.74, 6) is 1.17.